The fourth-order valence-electron chi connectivity index (χ4n) is 0.855. The molecule has 0 aliphatic heterocycles. The lowest BCUT2D eigenvalue weighted by molar-refractivity contribution is 0.0978. The molecule has 0 amide bonds. The van der Waals surface area contributed by atoms with Gasteiger partial charge in [0.15, 0.2) is 0 Å². The van der Waals surface area contributed by atoms with Crippen LogP contribution < -0.4 is 5.32 Å². The number of rotatable bonds is 11. The smallest absolute Gasteiger partial charge is 0.0825 e. The monoisotopic (exact) mass is 218 g/mol. The van der Waals surface area contributed by atoms with Gasteiger partial charge < -0.3 is 19.9 Å². The second kappa shape index (κ2) is 13.4. The molecule has 90 valence electrons. The molecule has 0 aliphatic carbocycles. The molecule has 0 saturated carbocycles. The highest BCUT2D eigenvalue weighted by atomic mass is 16.5. The lowest BCUT2D eigenvalue weighted by Gasteiger charge is -2.01. The second-order valence-electron chi connectivity index (χ2n) is 2.94. The van der Waals surface area contributed by atoms with Crippen LogP contribution in [0.2, 0.25) is 0 Å². The summed E-state index contributed by atoms with van der Waals surface area (Å²) in [5, 5.41) is 11.4. The quantitative estimate of drug-likeness (QED) is 0.292. The molecule has 5 heteroatoms. The van der Waals surface area contributed by atoms with Crippen LogP contribution in [-0.2, 0) is 9.47 Å². The van der Waals surface area contributed by atoms with Gasteiger partial charge in [-0.05, 0) is 6.42 Å². The van der Waals surface area contributed by atoms with Gasteiger partial charge in [-0.25, -0.2) is 0 Å². The summed E-state index contributed by atoms with van der Waals surface area (Å²) in [5.41, 5.74) is 0. The zero-order chi connectivity index (χ0) is 11.2. The van der Waals surface area contributed by atoms with Gasteiger partial charge in [-0.2, -0.15) is 0 Å². The van der Waals surface area contributed by atoms with E-state index in [0.717, 1.165) is 19.6 Å². The Kier molecular flexibility index (Phi) is 12.8. The van der Waals surface area contributed by atoms with Gasteiger partial charge in [0.1, 0.15) is 0 Å². The van der Waals surface area contributed by atoms with Crippen LogP contribution in [0, 0.1) is 0 Å². The first-order valence-corrected chi connectivity index (χ1v) is 5.39. The molecule has 0 aromatic rings. The lowest BCUT2D eigenvalue weighted by Crippen LogP contribution is -2.18. The van der Waals surface area contributed by atoms with E-state index in [2.05, 4.69) is 17.2 Å². The van der Waals surface area contributed by atoms with Crippen LogP contribution in [0.25, 0.3) is 0 Å². The van der Waals surface area contributed by atoms with Crippen molar-refractivity contribution in [2.75, 3.05) is 46.1 Å². The number of aliphatic hydroxyl groups excluding tert-OH is 1. The number of aliphatic imine (C=N–C) groups is 1. The summed E-state index contributed by atoms with van der Waals surface area (Å²) < 4.78 is 10.3. The highest BCUT2D eigenvalue weighted by Crippen LogP contribution is 1.78. The van der Waals surface area contributed by atoms with Crippen LogP contribution in [0.1, 0.15) is 13.3 Å². The maximum Gasteiger partial charge on any atom is 0.0825 e. The van der Waals surface area contributed by atoms with Crippen molar-refractivity contribution in [2.24, 2.45) is 4.99 Å². The second-order valence-corrected chi connectivity index (χ2v) is 2.94. The van der Waals surface area contributed by atoms with Gasteiger partial charge in [0.2, 0.25) is 0 Å². The zero-order valence-corrected chi connectivity index (χ0v) is 9.45. The fraction of sp³-hybridized carbons (Fsp3) is 0.900. The van der Waals surface area contributed by atoms with E-state index in [1.807, 2.05) is 0 Å². The van der Waals surface area contributed by atoms with Crippen molar-refractivity contribution in [3.63, 3.8) is 0 Å². The molecule has 0 aromatic carbocycles. The van der Waals surface area contributed by atoms with Gasteiger partial charge in [-0.3, -0.25) is 4.99 Å². The van der Waals surface area contributed by atoms with E-state index in [1.165, 1.54) is 0 Å². The molecule has 0 unspecified atom stereocenters. The van der Waals surface area contributed by atoms with Crippen LogP contribution in [0.5, 0.6) is 0 Å². The van der Waals surface area contributed by atoms with E-state index in [1.54, 1.807) is 6.34 Å². The summed E-state index contributed by atoms with van der Waals surface area (Å²) in [5.74, 6) is 0. The zero-order valence-electron chi connectivity index (χ0n) is 9.45. The topological polar surface area (TPSA) is 63.1 Å². The first kappa shape index (κ1) is 14.3. The van der Waals surface area contributed by atoms with Gasteiger partial charge in [-0.1, -0.05) is 6.92 Å². The van der Waals surface area contributed by atoms with Crippen LogP contribution in [0.4, 0.5) is 0 Å². The molecule has 0 radical (unpaired) electrons. The van der Waals surface area contributed by atoms with Gasteiger partial charge in [0, 0.05) is 13.2 Å². The minimum Gasteiger partial charge on any atom is -0.394 e. The summed E-state index contributed by atoms with van der Waals surface area (Å²) in [4.78, 5) is 4.06. The number of aliphatic hydroxyl groups is 1. The van der Waals surface area contributed by atoms with Crippen molar-refractivity contribution in [2.45, 2.75) is 13.3 Å². The Bertz CT molecular complexity index is 143. The van der Waals surface area contributed by atoms with Crippen LogP contribution in [-0.4, -0.2) is 57.6 Å². The highest BCUT2D eigenvalue weighted by Gasteiger charge is 1.85. The van der Waals surface area contributed by atoms with Crippen molar-refractivity contribution < 1.29 is 14.6 Å². The van der Waals surface area contributed by atoms with E-state index in [9.17, 15) is 0 Å². The van der Waals surface area contributed by atoms with Crippen LogP contribution in [0.3, 0.4) is 0 Å². The predicted molar refractivity (Wildman–Crippen MR) is 60.4 cm³/mol. The van der Waals surface area contributed by atoms with Crippen molar-refractivity contribution >= 4 is 6.34 Å². The molecule has 2 N–H and O–H groups in total. The van der Waals surface area contributed by atoms with Crippen molar-refractivity contribution in [1.29, 1.82) is 0 Å². The third kappa shape index (κ3) is 13.3. The average molecular weight is 218 g/mol. The standard InChI is InChI=1S/C10H22N2O3/c1-2-6-14-7-3-11-10-12-4-8-15-9-5-13/h10,13H,2-9H2,1H3,(H,11,12). The number of hydrogen-bond donors (Lipinski definition) is 2. The third-order valence-electron chi connectivity index (χ3n) is 1.52. The van der Waals surface area contributed by atoms with Gasteiger partial charge in [0.25, 0.3) is 0 Å². The summed E-state index contributed by atoms with van der Waals surface area (Å²) in [6, 6.07) is 0. The molecule has 0 bridgehead atoms. The number of hydrogen-bond acceptors (Lipinski definition) is 4. The highest BCUT2D eigenvalue weighted by molar-refractivity contribution is 5.53. The molecule has 0 heterocycles. The summed E-state index contributed by atoms with van der Waals surface area (Å²) >= 11 is 0. The lowest BCUT2D eigenvalue weighted by atomic mass is 10.5. The minimum absolute atomic E-state index is 0.0662. The SMILES string of the molecule is CCCOCCNC=NCCOCCO. The summed E-state index contributed by atoms with van der Waals surface area (Å²) in [6.07, 6.45) is 2.72. The number of ether oxygens (including phenoxy) is 2. The molecule has 0 rings (SSSR count). The molecule has 5 nitrogen and oxygen atoms in total. The maximum absolute atomic E-state index is 8.42. The molecule has 0 spiro atoms. The number of nitrogens with zero attached hydrogens (tertiary/aromatic N) is 1. The average Bonchev–Trinajstić information content (AvgIpc) is 2.26. The Hall–Kier alpha value is -0.650. The maximum atomic E-state index is 8.42. The predicted octanol–water partition coefficient (Wildman–Crippen LogP) is 0.0398. The van der Waals surface area contributed by atoms with E-state index < -0.39 is 0 Å². The molecule has 0 saturated heterocycles. The van der Waals surface area contributed by atoms with Gasteiger partial charge in [-0.15, -0.1) is 0 Å². The molecular formula is C10H22N2O3. The first-order valence-electron chi connectivity index (χ1n) is 5.39. The third-order valence-corrected chi connectivity index (χ3v) is 1.52. The van der Waals surface area contributed by atoms with E-state index >= 15 is 0 Å². The molecule has 0 fully saturated rings. The first-order chi connectivity index (χ1) is 7.41. The van der Waals surface area contributed by atoms with Gasteiger partial charge >= 0.3 is 0 Å². The van der Waals surface area contributed by atoms with E-state index in [4.69, 9.17) is 14.6 Å². The Morgan fingerprint density at radius 3 is 2.73 bits per heavy atom. The Labute approximate surface area is 91.5 Å². The summed E-state index contributed by atoms with van der Waals surface area (Å²) in [6.45, 7) is 6.00. The van der Waals surface area contributed by atoms with Crippen molar-refractivity contribution in [3.8, 4) is 0 Å². The van der Waals surface area contributed by atoms with Crippen LogP contribution >= 0.6 is 0 Å². The largest absolute Gasteiger partial charge is 0.394 e. The Balaban J connectivity index is 2.97. The normalized spacial score (nSPS) is 11.1. The van der Waals surface area contributed by atoms with Crippen LogP contribution in [0.15, 0.2) is 4.99 Å². The Morgan fingerprint density at radius 2 is 2.00 bits per heavy atom. The van der Waals surface area contributed by atoms with E-state index in [0.29, 0.717) is 26.4 Å². The Morgan fingerprint density at radius 1 is 1.20 bits per heavy atom. The fourth-order valence-corrected chi connectivity index (χ4v) is 0.855. The van der Waals surface area contributed by atoms with E-state index in [-0.39, 0.29) is 6.61 Å². The molecule has 15 heavy (non-hydrogen) atoms. The molecule has 0 aliphatic rings. The van der Waals surface area contributed by atoms with Crippen molar-refractivity contribution in [3.05, 3.63) is 0 Å². The van der Waals surface area contributed by atoms with Gasteiger partial charge in [0.05, 0.1) is 39.3 Å². The summed E-state index contributed by atoms with van der Waals surface area (Å²) in [7, 11) is 0. The number of nitrogens with one attached hydrogen (secondary N) is 1. The minimum atomic E-state index is 0.0662. The molecular weight excluding hydrogens is 196 g/mol. The molecule has 0 atom stereocenters. The molecule has 0 aromatic heterocycles. The van der Waals surface area contributed by atoms with Crippen molar-refractivity contribution in [1.82, 2.24) is 5.32 Å².